The Balaban J connectivity index is 1.90. The number of aromatic nitrogens is 4. The molecule has 2 aromatic carbocycles. The van der Waals surface area contributed by atoms with Crippen molar-refractivity contribution in [2.45, 2.75) is 6.92 Å². The molecular formula is C15H12N6O. The van der Waals surface area contributed by atoms with Crippen molar-refractivity contribution < 1.29 is 0 Å². The third-order valence-corrected chi connectivity index (χ3v) is 3.54. The number of hydrogen-bond acceptors (Lipinski definition) is 4. The van der Waals surface area contributed by atoms with E-state index in [1.807, 2.05) is 43.3 Å². The van der Waals surface area contributed by atoms with Gasteiger partial charge >= 0.3 is 0 Å². The lowest BCUT2D eigenvalue weighted by molar-refractivity contribution is 0.960. The van der Waals surface area contributed by atoms with Gasteiger partial charge in [0.05, 0.1) is 22.1 Å². The molecule has 22 heavy (non-hydrogen) atoms. The molecule has 0 aliphatic carbocycles. The van der Waals surface area contributed by atoms with E-state index in [-0.39, 0.29) is 11.2 Å². The van der Waals surface area contributed by atoms with Crippen LogP contribution in [0.3, 0.4) is 0 Å². The van der Waals surface area contributed by atoms with Gasteiger partial charge in [0, 0.05) is 0 Å². The number of nitrogens with one attached hydrogen (secondary N) is 3. The quantitative estimate of drug-likeness (QED) is 0.493. The number of aromatic amines is 3. The van der Waals surface area contributed by atoms with Gasteiger partial charge in [-0.15, -0.1) is 5.11 Å². The van der Waals surface area contributed by atoms with Crippen molar-refractivity contribution in [2.24, 2.45) is 10.2 Å². The molecule has 0 spiro atoms. The van der Waals surface area contributed by atoms with Crippen LogP contribution in [0.2, 0.25) is 0 Å². The Morgan fingerprint density at radius 3 is 2.59 bits per heavy atom. The highest BCUT2D eigenvalue weighted by atomic mass is 16.1. The number of azo groups is 1. The van der Waals surface area contributed by atoms with E-state index in [0.29, 0.717) is 22.1 Å². The molecule has 0 saturated heterocycles. The van der Waals surface area contributed by atoms with Gasteiger partial charge in [-0.1, -0.05) is 17.7 Å². The van der Waals surface area contributed by atoms with Gasteiger partial charge in [0.2, 0.25) is 0 Å². The molecule has 0 atom stereocenters. The molecule has 4 rings (SSSR count). The lowest BCUT2D eigenvalue weighted by Crippen LogP contribution is -1.95. The number of fused-ring (bicyclic) bond motifs is 3. The molecule has 7 heteroatoms. The van der Waals surface area contributed by atoms with Crippen molar-refractivity contribution in [3.8, 4) is 0 Å². The first-order valence-corrected chi connectivity index (χ1v) is 6.78. The molecule has 3 N–H and O–H groups in total. The van der Waals surface area contributed by atoms with Crippen LogP contribution in [0, 0.1) is 6.92 Å². The predicted molar refractivity (Wildman–Crippen MR) is 83.9 cm³/mol. The smallest absolute Gasteiger partial charge is 0.276 e. The first kappa shape index (κ1) is 12.5. The highest BCUT2D eigenvalue weighted by Crippen LogP contribution is 2.29. The SMILES string of the molecule is Cc1ccc(N=Nc2c(=O)[nH]c3ccc4[nH][nH]nc4c23)cc1. The number of rotatable bonds is 2. The second-order valence-corrected chi connectivity index (χ2v) is 5.07. The summed E-state index contributed by atoms with van der Waals surface area (Å²) < 4.78 is 0. The summed E-state index contributed by atoms with van der Waals surface area (Å²) in [7, 11) is 0. The minimum atomic E-state index is -0.277. The monoisotopic (exact) mass is 292 g/mol. The van der Waals surface area contributed by atoms with Gasteiger partial charge < -0.3 is 4.98 Å². The van der Waals surface area contributed by atoms with Gasteiger partial charge in [-0.3, -0.25) is 9.89 Å². The van der Waals surface area contributed by atoms with E-state index in [0.717, 1.165) is 11.1 Å². The van der Waals surface area contributed by atoms with Crippen LogP contribution in [-0.2, 0) is 0 Å². The molecule has 0 radical (unpaired) electrons. The minimum Gasteiger partial charge on any atom is -0.320 e. The average Bonchev–Trinajstić information content (AvgIpc) is 3.10. The van der Waals surface area contributed by atoms with Crippen molar-refractivity contribution in [3.05, 3.63) is 52.3 Å². The molecule has 2 aromatic heterocycles. The Labute approximate surface area is 124 Å². The van der Waals surface area contributed by atoms with Gasteiger partial charge in [0.25, 0.3) is 5.56 Å². The average molecular weight is 292 g/mol. The molecule has 2 heterocycles. The first-order chi connectivity index (χ1) is 10.7. The summed E-state index contributed by atoms with van der Waals surface area (Å²) in [6, 6.07) is 11.3. The Morgan fingerprint density at radius 1 is 1.00 bits per heavy atom. The van der Waals surface area contributed by atoms with E-state index in [1.165, 1.54) is 0 Å². The topological polar surface area (TPSA) is 102 Å². The molecule has 0 fully saturated rings. The number of nitrogens with zero attached hydrogens (tertiary/aromatic N) is 3. The van der Waals surface area contributed by atoms with Gasteiger partial charge in [0.1, 0.15) is 5.52 Å². The zero-order chi connectivity index (χ0) is 15.1. The number of hydrogen-bond donors (Lipinski definition) is 3. The lowest BCUT2D eigenvalue weighted by Gasteiger charge is -1.94. The zero-order valence-corrected chi connectivity index (χ0v) is 11.7. The van der Waals surface area contributed by atoms with Crippen LogP contribution in [0.4, 0.5) is 11.4 Å². The molecule has 0 amide bonds. The van der Waals surface area contributed by atoms with Crippen LogP contribution in [0.25, 0.3) is 21.9 Å². The second kappa shape index (κ2) is 4.66. The fourth-order valence-corrected chi connectivity index (χ4v) is 2.41. The molecule has 108 valence electrons. The van der Waals surface area contributed by atoms with Crippen LogP contribution in [-0.4, -0.2) is 20.4 Å². The Bertz CT molecular complexity index is 1050. The Hall–Kier alpha value is -3.22. The molecule has 0 aliphatic heterocycles. The van der Waals surface area contributed by atoms with Crippen LogP contribution >= 0.6 is 0 Å². The van der Waals surface area contributed by atoms with Gasteiger partial charge in [0.15, 0.2) is 5.69 Å². The van der Waals surface area contributed by atoms with Gasteiger partial charge in [-0.05, 0) is 31.2 Å². The summed E-state index contributed by atoms with van der Waals surface area (Å²) >= 11 is 0. The van der Waals surface area contributed by atoms with Crippen LogP contribution in [0.1, 0.15) is 5.56 Å². The molecule has 0 bridgehead atoms. The van der Waals surface area contributed by atoms with Crippen LogP contribution in [0.5, 0.6) is 0 Å². The van der Waals surface area contributed by atoms with Crippen molar-refractivity contribution in [1.29, 1.82) is 0 Å². The van der Waals surface area contributed by atoms with Crippen LogP contribution in [0.15, 0.2) is 51.4 Å². The Kier molecular flexibility index (Phi) is 2.65. The summed E-state index contributed by atoms with van der Waals surface area (Å²) in [6.45, 7) is 2.00. The van der Waals surface area contributed by atoms with E-state index in [1.54, 1.807) is 0 Å². The van der Waals surface area contributed by atoms with E-state index in [2.05, 4.69) is 30.6 Å². The lowest BCUT2D eigenvalue weighted by atomic mass is 10.2. The highest BCUT2D eigenvalue weighted by Gasteiger charge is 2.14. The van der Waals surface area contributed by atoms with E-state index >= 15 is 0 Å². The fraction of sp³-hybridized carbons (Fsp3) is 0.0667. The normalized spacial score (nSPS) is 11.9. The molecule has 0 unspecified atom stereocenters. The number of H-pyrrole nitrogens is 3. The summed E-state index contributed by atoms with van der Waals surface area (Å²) in [6.07, 6.45) is 0. The predicted octanol–water partition coefficient (Wildman–Crippen LogP) is 3.46. The van der Waals surface area contributed by atoms with Crippen LogP contribution < -0.4 is 5.56 Å². The summed E-state index contributed by atoms with van der Waals surface area (Å²) in [5, 5.41) is 18.7. The Morgan fingerprint density at radius 2 is 1.77 bits per heavy atom. The molecule has 0 saturated carbocycles. The van der Waals surface area contributed by atoms with Gasteiger partial charge in [-0.25, -0.2) is 5.21 Å². The van der Waals surface area contributed by atoms with E-state index in [4.69, 9.17) is 0 Å². The molecule has 0 aliphatic rings. The first-order valence-electron chi connectivity index (χ1n) is 6.78. The summed E-state index contributed by atoms with van der Waals surface area (Å²) in [5.41, 5.74) is 3.98. The number of aryl methyl sites for hydroxylation is 1. The van der Waals surface area contributed by atoms with Crippen molar-refractivity contribution in [1.82, 2.24) is 20.4 Å². The van der Waals surface area contributed by atoms with Crippen molar-refractivity contribution in [2.75, 3.05) is 0 Å². The fourth-order valence-electron chi connectivity index (χ4n) is 2.41. The second-order valence-electron chi connectivity index (χ2n) is 5.07. The molecule has 4 aromatic rings. The highest BCUT2D eigenvalue weighted by molar-refractivity contribution is 6.08. The molecular weight excluding hydrogens is 280 g/mol. The summed E-state index contributed by atoms with van der Waals surface area (Å²) in [5.74, 6) is 0. The maximum absolute atomic E-state index is 12.1. The van der Waals surface area contributed by atoms with E-state index in [9.17, 15) is 4.79 Å². The maximum atomic E-state index is 12.1. The van der Waals surface area contributed by atoms with E-state index < -0.39 is 0 Å². The van der Waals surface area contributed by atoms with Crippen molar-refractivity contribution in [3.63, 3.8) is 0 Å². The third kappa shape index (κ3) is 1.91. The standard InChI is InChI=1S/C15H12N6O/c1-8-2-4-9(5-3-8)17-19-14-12-10(16-15(14)22)6-7-11-13(12)20-21-18-11/h2-7,18,21H,1H3,(H,16,22). The largest absolute Gasteiger partial charge is 0.320 e. The maximum Gasteiger partial charge on any atom is 0.276 e. The van der Waals surface area contributed by atoms with Gasteiger partial charge in [-0.2, -0.15) is 10.2 Å². The number of benzene rings is 2. The zero-order valence-electron chi connectivity index (χ0n) is 11.7. The van der Waals surface area contributed by atoms with Crippen molar-refractivity contribution >= 4 is 33.3 Å². The minimum absolute atomic E-state index is 0.265. The third-order valence-electron chi connectivity index (χ3n) is 3.54. The molecule has 7 nitrogen and oxygen atoms in total. The summed E-state index contributed by atoms with van der Waals surface area (Å²) in [4.78, 5) is 14.9.